The molecule has 0 spiro atoms. The van der Waals surface area contributed by atoms with Gasteiger partial charge in [0.2, 0.25) is 5.91 Å². The predicted molar refractivity (Wildman–Crippen MR) is 82.9 cm³/mol. The van der Waals surface area contributed by atoms with Gasteiger partial charge >= 0.3 is 5.97 Å². The Hall–Kier alpha value is -2.44. The number of carboxylic acid groups (broad SMARTS) is 1. The van der Waals surface area contributed by atoms with E-state index in [0.717, 1.165) is 32.1 Å². The molecule has 7 heteroatoms. The summed E-state index contributed by atoms with van der Waals surface area (Å²) in [5, 5.41) is 22.9. The van der Waals surface area contributed by atoms with E-state index in [1.54, 1.807) is 6.07 Å². The summed E-state index contributed by atoms with van der Waals surface area (Å²) in [6.07, 6.45) is 4.47. The molecule has 1 aromatic carbocycles. The Balaban J connectivity index is 2.08. The molecule has 1 atom stereocenters. The maximum absolute atomic E-state index is 12.2. The van der Waals surface area contributed by atoms with E-state index in [4.69, 9.17) is 0 Å². The number of nitrogens with one attached hydrogen (secondary N) is 1. The quantitative estimate of drug-likeness (QED) is 0.617. The topological polar surface area (TPSA) is 110 Å². The minimum atomic E-state index is -1.19. The number of nitrogens with zero attached hydrogens (tertiary/aromatic N) is 1. The van der Waals surface area contributed by atoms with Gasteiger partial charge in [0.15, 0.2) is 0 Å². The van der Waals surface area contributed by atoms with E-state index in [2.05, 4.69) is 5.32 Å². The number of benzene rings is 1. The lowest BCUT2D eigenvalue weighted by atomic mass is 9.88. The van der Waals surface area contributed by atoms with Gasteiger partial charge in [-0.2, -0.15) is 0 Å². The van der Waals surface area contributed by atoms with Crippen LogP contribution >= 0.6 is 0 Å². The first kappa shape index (κ1) is 16.9. The van der Waals surface area contributed by atoms with Crippen molar-refractivity contribution in [3.05, 3.63) is 39.9 Å². The lowest BCUT2D eigenvalue weighted by Gasteiger charge is -2.23. The normalized spacial score (nSPS) is 16.5. The number of carboxylic acids is 1. The van der Waals surface area contributed by atoms with E-state index in [0.29, 0.717) is 5.56 Å². The van der Waals surface area contributed by atoms with Crippen molar-refractivity contribution in [1.29, 1.82) is 0 Å². The van der Waals surface area contributed by atoms with Crippen molar-refractivity contribution in [2.75, 3.05) is 0 Å². The molecule has 2 N–H and O–H groups in total. The van der Waals surface area contributed by atoms with Gasteiger partial charge in [-0.15, -0.1) is 0 Å². The number of aliphatic carboxylic acids is 1. The Labute approximate surface area is 133 Å². The number of amides is 1. The molecular formula is C16H20N2O5. The number of rotatable bonds is 6. The van der Waals surface area contributed by atoms with Crippen molar-refractivity contribution >= 4 is 17.6 Å². The SMILES string of the molecule is O=C(N[C@H](Cc1ccccc1[N+](=O)[O-])C(=O)O)C1CCCCC1. The van der Waals surface area contributed by atoms with Gasteiger partial charge < -0.3 is 10.4 Å². The number of carbonyl (C=O) groups excluding carboxylic acids is 1. The van der Waals surface area contributed by atoms with E-state index in [1.165, 1.54) is 18.2 Å². The van der Waals surface area contributed by atoms with Gasteiger partial charge in [-0.1, -0.05) is 37.5 Å². The van der Waals surface area contributed by atoms with Crippen LogP contribution in [0.5, 0.6) is 0 Å². The van der Waals surface area contributed by atoms with E-state index in [9.17, 15) is 24.8 Å². The first-order chi connectivity index (χ1) is 11.0. The molecule has 2 rings (SSSR count). The summed E-state index contributed by atoms with van der Waals surface area (Å²) in [5.41, 5.74) is 0.166. The number of hydrogen-bond donors (Lipinski definition) is 2. The molecule has 0 saturated heterocycles. The standard InChI is InChI=1S/C16H20N2O5/c19-15(11-6-2-1-3-7-11)17-13(16(20)21)10-12-8-4-5-9-14(12)18(22)23/h4-5,8-9,11,13H,1-3,6-7,10H2,(H,17,19)(H,20,21)/t13-/m1/s1. The Bertz CT molecular complexity index is 596. The minimum Gasteiger partial charge on any atom is -0.480 e. The summed E-state index contributed by atoms with van der Waals surface area (Å²) in [5.74, 6) is -1.61. The first-order valence-electron chi connectivity index (χ1n) is 7.74. The fraction of sp³-hybridized carbons (Fsp3) is 0.500. The van der Waals surface area contributed by atoms with Crippen LogP contribution in [0.1, 0.15) is 37.7 Å². The molecule has 0 heterocycles. The Morgan fingerprint density at radius 3 is 2.52 bits per heavy atom. The third-order valence-electron chi connectivity index (χ3n) is 4.20. The van der Waals surface area contributed by atoms with Crippen LogP contribution < -0.4 is 5.32 Å². The maximum Gasteiger partial charge on any atom is 0.326 e. The molecule has 0 radical (unpaired) electrons. The highest BCUT2D eigenvalue weighted by Gasteiger charge is 2.28. The number of hydrogen-bond acceptors (Lipinski definition) is 4. The monoisotopic (exact) mass is 320 g/mol. The largest absolute Gasteiger partial charge is 0.480 e. The van der Waals surface area contributed by atoms with Crippen LogP contribution in [-0.4, -0.2) is 27.9 Å². The molecule has 1 aromatic rings. The Morgan fingerprint density at radius 2 is 1.91 bits per heavy atom. The van der Waals surface area contributed by atoms with Crippen LogP contribution in [0.25, 0.3) is 0 Å². The molecule has 1 aliphatic rings. The summed E-state index contributed by atoms with van der Waals surface area (Å²) in [7, 11) is 0. The fourth-order valence-electron chi connectivity index (χ4n) is 2.94. The van der Waals surface area contributed by atoms with Crippen molar-refractivity contribution in [3.8, 4) is 0 Å². The lowest BCUT2D eigenvalue weighted by Crippen LogP contribution is -2.45. The fourth-order valence-corrected chi connectivity index (χ4v) is 2.94. The van der Waals surface area contributed by atoms with Crippen molar-refractivity contribution in [2.24, 2.45) is 5.92 Å². The number of para-hydroxylation sites is 1. The second kappa shape index (κ2) is 7.71. The van der Waals surface area contributed by atoms with E-state index in [-0.39, 0.29) is 23.9 Å². The van der Waals surface area contributed by atoms with E-state index < -0.39 is 16.9 Å². The van der Waals surface area contributed by atoms with Crippen LogP contribution in [0.2, 0.25) is 0 Å². The maximum atomic E-state index is 12.2. The predicted octanol–water partition coefficient (Wildman–Crippen LogP) is 2.29. The van der Waals surface area contributed by atoms with Gasteiger partial charge in [0.1, 0.15) is 6.04 Å². The highest BCUT2D eigenvalue weighted by molar-refractivity contribution is 5.85. The molecule has 0 bridgehead atoms. The summed E-state index contributed by atoms with van der Waals surface area (Å²) >= 11 is 0. The zero-order chi connectivity index (χ0) is 16.8. The molecule has 1 saturated carbocycles. The van der Waals surface area contributed by atoms with E-state index >= 15 is 0 Å². The zero-order valence-corrected chi connectivity index (χ0v) is 12.7. The summed E-state index contributed by atoms with van der Waals surface area (Å²) < 4.78 is 0. The zero-order valence-electron chi connectivity index (χ0n) is 12.7. The van der Waals surface area contributed by atoms with Crippen LogP contribution in [0.3, 0.4) is 0 Å². The van der Waals surface area contributed by atoms with E-state index in [1.807, 2.05) is 0 Å². The molecule has 1 aliphatic carbocycles. The van der Waals surface area contributed by atoms with Crippen LogP contribution in [0, 0.1) is 16.0 Å². The third kappa shape index (κ3) is 4.51. The third-order valence-corrected chi connectivity index (χ3v) is 4.20. The second-order valence-electron chi connectivity index (χ2n) is 5.82. The van der Waals surface area contributed by atoms with Crippen LogP contribution in [0.4, 0.5) is 5.69 Å². The van der Waals surface area contributed by atoms with Gasteiger partial charge in [0.25, 0.3) is 5.69 Å². The molecule has 0 aromatic heterocycles. The minimum absolute atomic E-state index is 0.106. The van der Waals surface area contributed by atoms with Gasteiger partial charge in [-0.25, -0.2) is 4.79 Å². The summed E-state index contributed by atoms with van der Waals surface area (Å²) in [6, 6.07) is 4.82. The van der Waals surface area contributed by atoms with Crippen LogP contribution in [0.15, 0.2) is 24.3 Å². The van der Waals surface area contributed by atoms with Crippen molar-refractivity contribution in [3.63, 3.8) is 0 Å². The second-order valence-corrected chi connectivity index (χ2v) is 5.82. The number of carbonyl (C=O) groups is 2. The molecular weight excluding hydrogens is 300 g/mol. The number of nitro groups is 1. The van der Waals surface area contributed by atoms with Gasteiger partial charge in [0, 0.05) is 24.0 Å². The smallest absolute Gasteiger partial charge is 0.326 e. The lowest BCUT2D eigenvalue weighted by molar-refractivity contribution is -0.385. The molecule has 0 aliphatic heterocycles. The van der Waals surface area contributed by atoms with Crippen LogP contribution in [-0.2, 0) is 16.0 Å². The Morgan fingerprint density at radius 1 is 1.26 bits per heavy atom. The molecule has 1 amide bonds. The summed E-state index contributed by atoms with van der Waals surface area (Å²) in [4.78, 5) is 34.1. The average Bonchev–Trinajstić information content (AvgIpc) is 2.55. The highest BCUT2D eigenvalue weighted by atomic mass is 16.6. The molecule has 124 valence electrons. The van der Waals surface area contributed by atoms with Crippen molar-refractivity contribution in [2.45, 2.75) is 44.6 Å². The van der Waals surface area contributed by atoms with Gasteiger partial charge in [0.05, 0.1) is 4.92 Å². The molecule has 7 nitrogen and oxygen atoms in total. The first-order valence-corrected chi connectivity index (χ1v) is 7.74. The highest BCUT2D eigenvalue weighted by Crippen LogP contribution is 2.24. The Kier molecular flexibility index (Phi) is 5.67. The van der Waals surface area contributed by atoms with Crippen molar-refractivity contribution < 1.29 is 19.6 Å². The van der Waals surface area contributed by atoms with Gasteiger partial charge in [-0.05, 0) is 12.8 Å². The molecule has 23 heavy (non-hydrogen) atoms. The summed E-state index contributed by atoms with van der Waals surface area (Å²) in [6.45, 7) is 0. The molecule has 1 fully saturated rings. The average molecular weight is 320 g/mol. The molecule has 0 unspecified atom stereocenters. The van der Waals surface area contributed by atoms with Gasteiger partial charge in [-0.3, -0.25) is 14.9 Å². The van der Waals surface area contributed by atoms with Crippen molar-refractivity contribution in [1.82, 2.24) is 5.32 Å². The number of nitro benzene ring substituents is 1.